The van der Waals surface area contributed by atoms with Gasteiger partial charge in [-0.05, 0) is 42.2 Å². The summed E-state index contributed by atoms with van der Waals surface area (Å²) in [5.41, 5.74) is 5.19. The molecule has 0 N–H and O–H groups in total. The van der Waals surface area contributed by atoms with Crippen LogP contribution in [0.25, 0.3) is 6.08 Å². The van der Waals surface area contributed by atoms with Gasteiger partial charge in [-0.1, -0.05) is 36.4 Å². The molecule has 21 heavy (non-hydrogen) atoms. The Bertz CT molecular complexity index is 696. The zero-order valence-electron chi connectivity index (χ0n) is 12.5. The molecule has 2 heteroatoms. The molecule has 0 heterocycles. The smallest absolute Gasteiger partial charge is 0.189 e. The molecule has 2 aromatic carbocycles. The van der Waals surface area contributed by atoms with Crippen LogP contribution in [0.1, 0.15) is 27.9 Å². The van der Waals surface area contributed by atoms with Crippen molar-refractivity contribution in [3.8, 4) is 0 Å². The molecule has 0 saturated heterocycles. The summed E-state index contributed by atoms with van der Waals surface area (Å²) in [7, 11) is 4.05. The lowest BCUT2D eigenvalue weighted by Gasteiger charge is -2.17. The van der Waals surface area contributed by atoms with Crippen LogP contribution in [-0.4, -0.2) is 19.9 Å². The first kappa shape index (κ1) is 13.6. The Kier molecular flexibility index (Phi) is 3.61. The van der Waals surface area contributed by atoms with Crippen LogP contribution in [-0.2, 0) is 6.42 Å². The van der Waals surface area contributed by atoms with E-state index in [1.807, 2.05) is 38.4 Å². The maximum atomic E-state index is 12.5. The van der Waals surface area contributed by atoms with Gasteiger partial charge in [-0.15, -0.1) is 0 Å². The van der Waals surface area contributed by atoms with Gasteiger partial charge in [0, 0.05) is 30.9 Å². The van der Waals surface area contributed by atoms with Crippen LogP contribution in [0.3, 0.4) is 0 Å². The minimum atomic E-state index is 0.175. The quantitative estimate of drug-likeness (QED) is 0.774. The van der Waals surface area contributed by atoms with Gasteiger partial charge < -0.3 is 4.90 Å². The van der Waals surface area contributed by atoms with Crippen LogP contribution in [0.4, 0.5) is 5.69 Å². The van der Waals surface area contributed by atoms with E-state index < -0.39 is 0 Å². The lowest BCUT2D eigenvalue weighted by molar-refractivity contribution is 0.102. The van der Waals surface area contributed by atoms with E-state index in [1.165, 1.54) is 5.56 Å². The highest BCUT2D eigenvalue weighted by Crippen LogP contribution is 2.26. The van der Waals surface area contributed by atoms with Crippen molar-refractivity contribution in [3.05, 3.63) is 70.8 Å². The van der Waals surface area contributed by atoms with Crippen LogP contribution in [0, 0.1) is 0 Å². The topological polar surface area (TPSA) is 20.3 Å². The van der Waals surface area contributed by atoms with Gasteiger partial charge in [-0.2, -0.15) is 0 Å². The van der Waals surface area contributed by atoms with E-state index in [0.717, 1.165) is 35.2 Å². The molecular formula is C19H19NO. The van der Waals surface area contributed by atoms with Gasteiger partial charge in [-0.3, -0.25) is 4.79 Å². The van der Waals surface area contributed by atoms with Gasteiger partial charge in [0.05, 0.1) is 0 Å². The summed E-state index contributed by atoms with van der Waals surface area (Å²) in [6.45, 7) is 0. The fourth-order valence-corrected chi connectivity index (χ4v) is 2.72. The molecule has 1 aliphatic rings. The first-order valence-electron chi connectivity index (χ1n) is 7.26. The number of carbonyl (C=O) groups excluding carboxylic acids is 1. The summed E-state index contributed by atoms with van der Waals surface area (Å²) in [5.74, 6) is 0.175. The van der Waals surface area contributed by atoms with Crippen molar-refractivity contribution >= 4 is 17.5 Å². The predicted molar refractivity (Wildman–Crippen MR) is 87.8 cm³/mol. The predicted octanol–water partition coefficient (Wildman–Crippen LogP) is 3.97. The third kappa shape index (κ3) is 2.75. The van der Waals surface area contributed by atoms with Crippen molar-refractivity contribution in [3.63, 3.8) is 0 Å². The number of hydrogen-bond acceptors (Lipinski definition) is 2. The van der Waals surface area contributed by atoms with E-state index in [9.17, 15) is 4.79 Å². The summed E-state index contributed by atoms with van der Waals surface area (Å²) in [5, 5.41) is 0. The van der Waals surface area contributed by atoms with Crippen LogP contribution in [0.2, 0.25) is 0 Å². The molecule has 0 amide bonds. The second-order valence-electron chi connectivity index (χ2n) is 5.64. The Morgan fingerprint density at radius 2 is 1.67 bits per heavy atom. The number of Topliss-reactive ketones (excluding diaryl/α,β-unsaturated/α-hetero) is 1. The highest BCUT2D eigenvalue weighted by molar-refractivity contribution is 6.13. The largest absolute Gasteiger partial charge is 0.378 e. The normalized spacial score (nSPS) is 15.9. The standard InChI is InChI=1S/C19H19NO/c1-20(2)17-11-7-14(8-12-17)13-16-10-9-15-5-3-4-6-18(15)19(16)21/h3-8,11-13H,9-10H2,1-2H3/b16-13+. The second kappa shape index (κ2) is 5.57. The SMILES string of the molecule is CN(C)c1ccc(/C=C2\CCc3ccccc3C2=O)cc1. The molecule has 0 aromatic heterocycles. The number of ketones is 1. The van der Waals surface area contributed by atoms with Gasteiger partial charge >= 0.3 is 0 Å². The molecule has 3 rings (SSSR count). The van der Waals surface area contributed by atoms with Crippen molar-refractivity contribution in [2.45, 2.75) is 12.8 Å². The minimum absolute atomic E-state index is 0.175. The molecule has 2 aromatic rings. The van der Waals surface area contributed by atoms with Crippen molar-refractivity contribution in [1.82, 2.24) is 0 Å². The van der Waals surface area contributed by atoms with Crippen LogP contribution >= 0.6 is 0 Å². The third-order valence-electron chi connectivity index (χ3n) is 3.97. The molecule has 0 spiro atoms. The van der Waals surface area contributed by atoms with Crippen LogP contribution in [0.5, 0.6) is 0 Å². The molecule has 106 valence electrons. The Hall–Kier alpha value is -2.35. The fourth-order valence-electron chi connectivity index (χ4n) is 2.72. The van der Waals surface area contributed by atoms with Crippen molar-refractivity contribution < 1.29 is 4.79 Å². The lowest BCUT2D eigenvalue weighted by atomic mass is 9.86. The van der Waals surface area contributed by atoms with Gasteiger partial charge in [0.15, 0.2) is 5.78 Å². The first-order chi connectivity index (χ1) is 10.1. The van der Waals surface area contributed by atoms with Crippen LogP contribution in [0.15, 0.2) is 54.1 Å². The van der Waals surface area contributed by atoms with E-state index in [-0.39, 0.29) is 5.78 Å². The monoisotopic (exact) mass is 277 g/mol. The number of benzene rings is 2. The van der Waals surface area contributed by atoms with Crippen LogP contribution < -0.4 is 4.90 Å². The van der Waals surface area contributed by atoms with Gasteiger partial charge in [0.2, 0.25) is 0 Å². The van der Waals surface area contributed by atoms with Crippen molar-refractivity contribution in [2.75, 3.05) is 19.0 Å². The molecular weight excluding hydrogens is 258 g/mol. The third-order valence-corrected chi connectivity index (χ3v) is 3.97. The molecule has 0 radical (unpaired) electrons. The minimum Gasteiger partial charge on any atom is -0.378 e. The molecule has 1 aliphatic carbocycles. The molecule has 0 atom stereocenters. The number of fused-ring (bicyclic) bond motifs is 1. The molecule has 0 bridgehead atoms. The Labute approximate surface area is 125 Å². The summed E-state index contributed by atoms with van der Waals surface area (Å²) in [4.78, 5) is 14.6. The number of carbonyl (C=O) groups is 1. The van der Waals surface area contributed by atoms with E-state index in [1.54, 1.807) is 0 Å². The maximum absolute atomic E-state index is 12.5. The zero-order chi connectivity index (χ0) is 14.8. The average molecular weight is 277 g/mol. The molecule has 0 aliphatic heterocycles. The van der Waals surface area contributed by atoms with Crippen molar-refractivity contribution in [2.24, 2.45) is 0 Å². The van der Waals surface area contributed by atoms with E-state index in [2.05, 4.69) is 35.2 Å². The number of allylic oxidation sites excluding steroid dienone is 1. The van der Waals surface area contributed by atoms with E-state index in [4.69, 9.17) is 0 Å². The summed E-state index contributed by atoms with van der Waals surface area (Å²) in [6.07, 6.45) is 3.80. The lowest BCUT2D eigenvalue weighted by Crippen LogP contribution is -2.13. The van der Waals surface area contributed by atoms with E-state index in [0.29, 0.717) is 0 Å². The Balaban J connectivity index is 1.89. The summed E-state index contributed by atoms with van der Waals surface area (Å²) >= 11 is 0. The summed E-state index contributed by atoms with van der Waals surface area (Å²) < 4.78 is 0. The van der Waals surface area contributed by atoms with E-state index >= 15 is 0 Å². The van der Waals surface area contributed by atoms with Gasteiger partial charge in [-0.25, -0.2) is 0 Å². The number of rotatable bonds is 2. The summed E-state index contributed by atoms with van der Waals surface area (Å²) in [6, 6.07) is 16.2. The number of anilines is 1. The first-order valence-corrected chi connectivity index (χ1v) is 7.26. The maximum Gasteiger partial charge on any atom is 0.189 e. The molecule has 0 unspecified atom stereocenters. The fraction of sp³-hybridized carbons (Fsp3) is 0.211. The number of nitrogens with zero attached hydrogens (tertiary/aromatic N) is 1. The van der Waals surface area contributed by atoms with Crippen molar-refractivity contribution in [1.29, 1.82) is 0 Å². The highest BCUT2D eigenvalue weighted by atomic mass is 16.1. The molecule has 2 nitrogen and oxygen atoms in total. The number of hydrogen-bond donors (Lipinski definition) is 0. The van der Waals surface area contributed by atoms with Gasteiger partial charge in [0.25, 0.3) is 0 Å². The highest BCUT2D eigenvalue weighted by Gasteiger charge is 2.20. The van der Waals surface area contributed by atoms with Gasteiger partial charge in [0.1, 0.15) is 0 Å². The molecule has 0 saturated carbocycles. The Morgan fingerprint density at radius 3 is 2.38 bits per heavy atom. The molecule has 0 fully saturated rings. The zero-order valence-corrected chi connectivity index (χ0v) is 12.5. The number of aryl methyl sites for hydroxylation is 1. The second-order valence-corrected chi connectivity index (χ2v) is 5.64. The Morgan fingerprint density at radius 1 is 0.952 bits per heavy atom. The average Bonchev–Trinajstić information content (AvgIpc) is 2.51.